The lowest BCUT2D eigenvalue weighted by atomic mass is 10.0. The predicted molar refractivity (Wildman–Crippen MR) is 75.8 cm³/mol. The predicted octanol–water partition coefficient (Wildman–Crippen LogP) is 2.01. The second kappa shape index (κ2) is 4.38. The van der Waals surface area contributed by atoms with Gasteiger partial charge >= 0.3 is 0 Å². The molecule has 4 rings (SSSR count). The molecule has 2 atom stereocenters. The summed E-state index contributed by atoms with van der Waals surface area (Å²) in [6, 6.07) is 6.13. The first-order chi connectivity index (χ1) is 9.72. The average molecular weight is 292 g/mol. The Morgan fingerprint density at radius 2 is 2.00 bits per heavy atom. The number of aromatic nitrogens is 1. The van der Waals surface area contributed by atoms with Crippen molar-refractivity contribution in [3.63, 3.8) is 0 Å². The number of oxazole rings is 1. The summed E-state index contributed by atoms with van der Waals surface area (Å²) in [5.41, 5.74) is 1.55. The van der Waals surface area contributed by atoms with E-state index in [0.717, 1.165) is 43.7 Å². The summed E-state index contributed by atoms with van der Waals surface area (Å²) in [7, 11) is 0. The van der Waals surface area contributed by atoms with Crippen LogP contribution in [0.1, 0.15) is 0 Å². The number of rotatable bonds is 2. The molecule has 2 aromatic rings. The fraction of sp³-hybridized carbons (Fsp3) is 0.429. The molecule has 2 aliphatic heterocycles. The van der Waals surface area contributed by atoms with Crippen LogP contribution in [0.5, 0.6) is 0 Å². The molecule has 20 heavy (non-hydrogen) atoms. The van der Waals surface area contributed by atoms with Crippen molar-refractivity contribution in [2.45, 2.75) is 0 Å². The minimum Gasteiger partial charge on any atom is -0.423 e. The van der Waals surface area contributed by atoms with Gasteiger partial charge in [-0.2, -0.15) is 4.98 Å². The highest BCUT2D eigenvalue weighted by Crippen LogP contribution is 2.34. The van der Waals surface area contributed by atoms with Gasteiger partial charge in [-0.05, 0) is 18.2 Å². The normalized spacial score (nSPS) is 25.4. The van der Waals surface area contributed by atoms with E-state index < -0.39 is 0 Å². The molecule has 6 heteroatoms. The topological polar surface area (TPSA) is 49.6 Å². The van der Waals surface area contributed by atoms with Crippen LogP contribution >= 0.6 is 11.6 Å². The maximum absolute atomic E-state index is 10.8. The van der Waals surface area contributed by atoms with Gasteiger partial charge in [-0.25, -0.2) is 0 Å². The summed E-state index contributed by atoms with van der Waals surface area (Å²) >= 11 is 5.96. The van der Waals surface area contributed by atoms with Crippen LogP contribution < -0.4 is 4.90 Å². The quantitative estimate of drug-likeness (QED) is 0.794. The van der Waals surface area contributed by atoms with Crippen LogP contribution in [-0.4, -0.2) is 42.5 Å². The van der Waals surface area contributed by atoms with Crippen molar-refractivity contribution >= 4 is 35.1 Å². The maximum Gasteiger partial charge on any atom is 0.298 e. The van der Waals surface area contributed by atoms with Crippen molar-refractivity contribution in [3.05, 3.63) is 23.2 Å². The highest BCUT2D eigenvalue weighted by atomic mass is 35.5. The van der Waals surface area contributed by atoms with Gasteiger partial charge in [0.1, 0.15) is 5.52 Å². The Hall–Kier alpha value is -1.75. The molecule has 0 spiro atoms. The minimum absolute atomic E-state index is 0.527. The minimum atomic E-state index is 0.527. The lowest BCUT2D eigenvalue weighted by Crippen LogP contribution is -2.28. The lowest BCUT2D eigenvalue weighted by Gasteiger charge is -2.17. The summed E-state index contributed by atoms with van der Waals surface area (Å²) in [6.45, 7) is 3.48. The van der Waals surface area contributed by atoms with Crippen molar-refractivity contribution in [1.29, 1.82) is 0 Å². The zero-order valence-electron chi connectivity index (χ0n) is 10.8. The molecular formula is C14H14ClN3O2. The lowest BCUT2D eigenvalue weighted by molar-refractivity contribution is -0.117. The summed E-state index contributed by atoms with van der Waals surface area (Å²) in [4.78, 5) is 19.4. The zero-order valence-corrected chi connectivity index (χ0v) is 11.6. The third-order valence-corrected chi connectivity index (χ3v) is 4.51. The molecule has 2 fully saturated rings. The number of hydrogen-bond acceptors (Lipinski definition) is 4. The zero-order chi connectivity index (χ0) is 13.7. The third kappa shape index (κ3) is 1.85. The van der Waals surface area contributed by atoms with E-state index >= 15 is 0 Å². The molecule has 2 unspecified atom stereocenters. The number of likely N-dealkylation sites (tertiary alicyclic amines) is 1. The van der Waals surface area contributed by atoms with Crippen LogP contribution in [0.25, 0.3) is 11.1 Å². The van der Waals surface area contributed by atoms with Gasteiger partial charge in [0.15, 0.2) is 5.58 Å². The molecule has 0 bridgehead atoms. The molecular weight excluding hydrogens is 278 g/mol. The number of halogens is 1. The van der Waals surface area contributed by atoms with Gasteiger partial charge in [0.25, 0.3) is 6.01 Å². The molecule has 2 aliphatic rings. The maximum atomic E-state index is 10.8. The van der Waals surface area contributed by atoms with Gasteiger partial charge in [-0.3, -0.25) is 4.79 Å². The first-order valence-electron chi connectivity index (χ1n) is 6.73. The monoisotopic (exact) mass is 291 g/mol. The Kier molecular flexibility index (Phi) is 2.63. The summed E-state index contributed by atoms with van der Waals surface area (Å²) in [5.74, 6) is 1.05. The summed E-state index contributed by atoms with van der Waals surface area (Å²) in [6.07, 6.45) is 0.949. The molecule has 5 nitrogen and oxygen atoms in total. The van der Waals surface area contributed by atoms with Crippen LogP contribution in [0.4, 0.5) is 6.01 Å². The van der Waals surface area contributed by atoms with E-state index in [0.29, 0.717) is 22.9 Å². The highest BCUT2D eigenvalue weighted by Gasteiger charge is 2.41. The molecule has 0 radical (unpaired) electrons. The van der Waals surface area contributed by atoms with E-state index in [9.17, 15) is 4.79 Å². The SMILES string of the molecule is O=CN1CC2CN(c3nc4cc(Cl)ccc4o3)CC2C1. The largest absolute Gasteiger partial charge is 0.423 e. The van der Waals surface area contributed by atoms with Crippen molar-refractivity contribution in [2.75, 3.05) is 31.1 Å². The molecule has 1 aromatic carbocycles. The van der Waals surface area contributed by atoms with E-state index in [1.807, 2.05) is 17.0 Å². The molecule has 0 saturated carbocycles. The van der Waals surface area contributed by atoms with Crippen molar-refractivity contribution in [3.8, 4) is 0 Å². The van der Waals surface area contributed by atoms with Crippen molar-refractivity contribution in [1.82, 2.24) is 9.88 Å². The van der Waals surface area contributed by atoms with Gasteiger partial charge in [-0.15, -0.1) is 0 Å². The molecule has 1 amide bonds. The number of anilines is 1. The second-order valence-electron chi connectivity index (χ2n) is 5.59. The molecule has 3 heterocycles. The molecule has 0 N–H and O–H groups in total. The number of nitrogens with zero attached hydrogens (tertiary/aromatic N) is 3. The number of fused-ring (bicyclic) bond motifs is 2. The van der Waals surface area contributed by atoms with Crippen LogP contribution in [0, 0.1) is 11.8 Å². The van der Waals surface area contributed by atoms with Crippen molar-refractivity contribution < 1.29 is 9.21 Å². The van der Waals surface area contributed by atoms with Gasteiger partial charge in [0.05, 0.1) is 0 Å². The molecule has 0 aliphatic carbocycles. The first-order valence-corrected chi connectivity index (χ1v) is 7.11. The number of benzene rings is 1. The van der Waals surface area contributed by atoms with E-state index in [1.165, 1.54) is 0 Å². The van der Waals surface area contributed by atoms with Crippen LogP contribution in [0.2, 0.25) is 5.02 Å². The van der Waals surface area contributed by atoms with Crippen LogP contribution in [-0.2, 0) is 4.79 Å². The second-order valence-corrected chi connectivity index (χ2v) is 6.03. The molecule has 104 valence electrons. The van der Waals surface area contributed by atoms with E-state index in [-0.39, 0.29) is 0 Å². The van der Waals surface area contributed by atoms with Gasteiger partial charge < -0.3 is 14.2 Å². The highest BCUT2D eigenvalue weighted by molar-refractivity contribution is 6.31. The number of hydrogen-bond donors (Lipinski definition) is 0. The van der Waals surface area contributed by atoms with E-state index in [1.54, 1.807) is 6.07 Å². The molecule has 1 aromatic heterocycles. The first kappa shape index (κ1) is 12.0. The third-order valence-electron chi connectivity index (χ3n) is 4.27. The van der Waals surface area contributed by atoms with Gasteiger partial charge in [0.2, 0.25) is 6.41 Å². The van der Waals surface area contributed by atoms with Gasteiger partial charge in [0, 0.05) is 43.0 Å². The smallest absolute Gasteiger partial charge is 0.298 e. The van der Waals surface area contributed by atoms with Gasteiger partial charge in [-0.1, -0.05) is 11.6 Å². The van der Waals surface area contributed by atoms with Crippen LogP contribution in [0.15, 0.2) is 22.6 Å². The Balaban J connectivity index is 1.58. The number of carbonyl (C=O) groups is 1. The van der Waals surface area contributed by atoms with E-state index in [2.05, 4.69) is 9.88 Å². The van der Waals surface area contributed by atoms with E-state index in [4.69, 9.17) is 16.0 Å². The average Bonchev–Trinajstić information content (AvgIpc) is 3.08. The number of amides is 1. The Labute approximate surface area is 121 Å². The summed E-state index contributed by atoms with van der Waals surface area (Å²) in [5, 5.41) is 0.664. The Bertz CT molecular complexity index is 657. The Morgan fingerprint density at radius 1 is 1.25 bits per heavy atom. The van der Waals surface area contributed by atoms with Crippen LogP contribution in [0.3, 0.4) is 0 Å². The molecule has 2 saturated heterocycles. The summed E-state index contributed by atoms with van der Waals surface area (Å²) < 4.78 is 5.80. The number of carbonyl (C=O) groups excluding carboxylic acids is 1. The Morgan fingerprint density at radius 3 is 2.70 bits per heavy atom. The van der Waals surface area contributed by atoms with Crippen molar-refractivity contribution in [2.24, 2.45) is 11.8 Å². The standard InChI is InChI=1S/C14H14ClN3O2/c15-11-1-2-13-12(3-11)16-14(20-13)18-6-9-4-17(8-19)5-10(9)7-18/h1-3,8-10H,4-7H2. The fourth-order valence-electron chi connectivity index (χ4n) is 3.30. The fourth-order valence-corrected chi connectivity index (χ4v) is 3.46.